The molecule has 0 spiro atoms. The molecule has 1 aliphatic rings. The Balaban J connectivity index is 1.64. The zero-order chi connectivity index (χ0) is 19.4. The number of thiazole rings is 1. The molecule has 2 heterocycles. The summed E-state index contributed by atoms with van der Waals surface area (Å²) in [6.07, 6.45) is 0.434. The highest BCUT2D eigenvalue weighted by Gasteiger charge is 2.23. The molecule has 0 aliphatic carbocycles. The van der Waals surface area contributed by atoms with Gasteiger partial charge in [-0.3, -0.25) is 15.0 Å². The van der Waals surface area contributed by atoms with Crippen LogP contribution in [0.25, 0.3) is 0 Å². The zero-order valence-electron chi connectivity index (χ0n) is 16.0. The van der Waals surface area contributed by atoms with Gasteiger partial charge in [-0.1, -0.05) is 0 Å². The highest BCUT2D eigenvalue weighted by molar-refractivity contribution is 7.13. The fraction of sp³-hybridized carbons (Fsp3) is 0.474. The van der Waals surface area contributed by atoms with Gasteiger partial charge in [0.1, 0.15) is 11.5 Å². The van der Waals surface area contributed by atoms with E-state index < -0.39 is 0 Å². The van der Waals surface area contributed by atoms with Crippen molar-refractivity contribution in [1.82, 2.24) is 9.88 Å². The maximum Gasteiger partial charge on any atom is 0.257 e. The molecule has 7 nitrogen and oxygen atoms in total. The average molecular weight is 391 g/mol. The fourth-order valence-corrected chi connectivity index (χ4v) is 3.88. The van der Waals surface area contributed by atoms with Crippen LogP contribution in [-0.2, 0) is 11.3 Å². The summed E-state index contributed by atoms with van der Waals surface area (Å²) in [7, 11) is 3.10. The Bertz CT molecular complexity index is 763. The standard InChI is InChI=1S/C19H25N3O4S/c1-12-8-22(9-13(2)26-12)10-15-11-27-19(20-15)21-18(23)14-5-16(24-3)7-17(6-14)25-4/h5-7,11-13H,8-10H2,1-4H3,(H,20,21,23). The summed E-state index contributed by atoms with van der Waals surface area (Å²) in [5, 5.41) is 5.40. The Kier molecular flexibility index (Phi) is 6.30. The van der Waals surface area contributed by atoms with Crippen molar-refractivity contribution in [2.24, 2.45) is 0 Å². The van der Waals surface area contributed by atoms with Crippen molar-refractivity contribution < 1.29 is 19.0 Å². The van der Waals surface area contributed by atoms with Crippen LogP contribution in [0.1, 0.15) is 29.9 Å². The first-order valence-electron chi connectivity index (χ1n) is 8.83. The molecular weight excluding hydrogens is 366 g/mol. The molecule has 1 N–H and O–H groups in total. The number of nitrogens with zero attached hydrogens (tertiary/aromatic N) is 2. The summed E-state index contributed by atoms with van der Waals surface area (Å²) < 4.78 is 16.2. The van der Waals surface area contributed by atoms with Gasteiger partial charge in [0.05, 0.1) is 32.1 Å². The number of aromatic nitrogens is 1. The Morgan fingerprint density at radius 2 is 1.85 bits per heavy atom. The van der Waals surface area contributed by atoms with E-state index in [1.165, 1.54) is 11.3 Å². The molecule has 1 fully saturated rings. The predicted octanol–water partition coefficient (Wildman–Crippen LogP) is 3.02. The molecule has 1 aromatic heterocycles. The summed E-state index contributed by atoms with van der Waals surface area (Å²) in [6.45, 7) is 6.67. The maximum atomic E-state index is 12.6. The monoisotopic (exact) mass is 391 g/mol. The number of ether oxygens (including phenoxy) is 3. The number of nitrogens with one attached hydrogen (secondary N) is 1. The van der Waals surface area contributed by atoms with E-state index in [1.807, 2.05) is 5.38 Å². The molecule has 2 unspecified atom stereocenters. The third kappa shape index (κ3) is 5.18. The molecule has 146 valence electrons. The molecule has 1 saturated heterocycles. The van der Waals surface area contributed by atoms with E-state index in [1.54, 1.807) is 32.4 Å². The quantitative estimate of drug-likeness (QED) is 0.816. The minimum Gasteiger partial charge on any atom is -0.497 e. The van der Waals surface area contributed by atoms with E-state index in [2.05, 4.69) is 29.0 Å². The van der Waals surface area contributed by atoms with Crippen LogP contribution >= 0.6 is 11.3 Å². The highest BCUT2D eigenvalue weighted by atomic mass is 32.1. The van der Waals surface area contributed by atoms with Gasteiger partial charge in [-0.15, -0.1) is 11.3 Å². The van der Waals surface area contributed by atoms with Crippen LogP contribution in [-0.4, -0.2) is 55.3 Å². The number of rotatable bonds is 6. The summed E-state index contributed by atoms with van der Waals surface area (Å²) in [5.41, 5.74) is 1.40. The van der Waals surface area contributed by atoms with Gasteiger partial charge in [0.2, 0.25) is 0 Å². The van der Waals surface area contributed by atoms with Crippen LogP contribution in [0.3, 0.4) is 0 Å². The number of amides is 1. The van der Waals surface area contributed by atoms with Gasteiger partial charge < -0.3 is 14.2 Å². The molecule has 0 radical (unpaired) electrons. The topological polar surface area (TPSA) is 72.9 Å². The van der Waals surface area contributed by atoms with E-state index in [9.17, 15) is 4.79 Å². The van der Waals surface area contributed by atoms with Gasteiger partial charge in [0.25, 0.3) is 5.91 Å². The number of morpholine rings is 1. The lowest BCUT2D eigenvalue weighted by Crippen LogP contribution is -2.44. The lowest BCUT2D eigenvalue weighted by molar-refractivity contribution is -0.0707. The van der Waals surface area contributed by atoms with Crippen molar-refractivity contribution in [2.75, 3.05) is 32.6 Å². The second kappa shape index (κ2) is 8.69. The average Bonchev–Trinajstić information content (AvgIpc) is 3.07. The minimum absolute atomic E-state index is 0.217. The first kappa shape index (κ1) is 19.6. The lowest BCUT2D eigenvalue weighted by Gasteiger charge is -2.34. The van der Waals surface area contributed by atoms with Gasteiger partial charge in [0, 0.05) is 36.6 Å². The smallest absolute Gasteiger partial charge is 0.257 e. The summed E-state index contributed by atoms with van der Waals surface area (Å²) >= 11 is 1.42. The number of hydrogen-bond donors (Lipinski definition) is 1. The van der Waals surface area contributed by atoms with Crippen molar-refractivity contribution in [3.05, 3.63) is 34.8 Å². The van der Waals surface area contributed by atoms with E-state index >= 15 is 0 Å². The molecule has 2 atom stereocenters. The van der Waals surface area contributed by atoms with Crippen LogP contribution < -0.4 is 14.8 Å². The third-order valence-electron chi connectivity index (χ3n) is 4.27. The number of hydrogen-bond acceptors (Lipinski definition) is 7. The van der Waals surface area contributed by atoms with Crippen molar-refractivity contribution >= 4 is 22.4 Å². The van der Waals surface area contributed by atoms with E-state index in [4.69, 9.17) is 14.2 Å². The summed E-state index contributed by atoms with van der Waals surface area (Å²) in [5.74, 6) is 0.881. The largest absolute Gasteiger partial charge is 0.497 e. The normalized spacial score (nSPS) is 20.3. The van der Waals surface area contributed by atoms with Crippen LogP contribution in [0.5, 0.6) is 11.5 Å². The highest BCUT2D eigenvalue weighted by Crippen LogP contribution is 2.24. The molecule has 2 aromatic rings. The second-order valence-electron chi connectivity index (χ2n) is 6.65. The molecule has 1 aromatic carbocycles. The van der Waals surface area contributed by atoms with Crippen LogP contribution in [0.4, 0.5) is 5.13 Å². The van der Waals surface area contributed by atoms with Crippen molar-refractivity contribution in [1.29, 1.82) is 0 Å². The van der Waals surface area contributed by atoms with Crippen LogP contribution in [0, 0.1) is 0 Å². The Morgan fingerprint density at radius 3 is 2.44 bits per heavy atom. The third-order valence-corrected chi connectivity index (χ3v) is 5.07. The molecule has 1 amide bonds. The Hall–Kier alpha value is -2.16. The van der Waals surface area contributed by atoms with E-state index in [0.717, 1.165) is 25.3 Å². The minimum atomic E-state index is -0.248. The maximum absolute atomic E-state index is 12.6. The summed E-state index contributed by atoms with van der Waals surface area (Å²) in [4.78, 5) is 19.4. The Labute approximate surface area is 163 Å². The molecule has 1 aliphatic heterocycles. The number of anilines is 1. The fourth-order valence-electron chi connectivity index (χ4n) is 3.19. The molecule has 0 bridgehead atoms. The van der Waals surface area contributed by atoms with E-state index in [0.29, 0.717) is 22.2 Å². The molecule has 8 heteroatoms. The first-order chi connectivity index (χ1) is 13.0. The second-order valence-corrected chi connectivity index (χ2v) is 7.51. The SMILES string of the molecule is COc1cc(OC)cc(C(=O)Nc2nc(CN3CC(C)OC(C)C3)cs2)c1. The van der Waals surface area contributed by atoms with Gasteiger partial charge in [0.15, 0.2) is 5.13 Å². The number of carbonyl (C=O) groups is 1. The van der Waals surface area contributed by atoms with Crippen molar-refractivity contribution in [3.8, 4) is 11.5 Å². The van der Waals surface area contributed by atoms with Crippen LogP contribution in [0.15, 0.2) is 23.6 Å². The van der Waals surface area contributed by atoms with Gasteiger partial charge in [-0.2, -0.15) is 0 Å². The number of carbonyl (C=O) groups excluding carboxylic acids is 1. The van der Waals surface area contributed by atoms with Gasteiger partial charge in [-0.25, -0.2) is 4.98 Å². The van der Waals surface area contributed by atoms with Gasteiger partial charge >= 0.3 is 0 Å². The molecular formula is C19H25N3O4S. The Morgan fingerprint density at radius 1 is 1.22 bits per heavy atom. The van der Waals surface area contributed by atoms with Crippen molar-refractivity contribution in [3.63, 3.8) is 0 Å². The van der Waals surface area contributed by atoms with Gasteiger partial charge in [-0.05, 0) is 26.0 Å². The predicted molar refractivity (Wildman–Crippen MR) is 105 cm³/mol. The number of benzene rings is 1. The molecule has 0 saturated carbocycles. The van der Waals surface area contributed by atoms with Crippen molar-refractivity contribution in [2.45, 2.75) is 32.6 Å². The zero-order valence-corrected chi connectivity index (χ0v) is 16.8. The molecule has 27 heavy (non-hydrogen) atoms. The van der Waals surface area contributed by atoms with Crippen LogP contribution in [0.2, 0.25) is 0 Å². The van der Waals surface area contributed by atoms with E-state index in [-0.39, 0.29) is 18.1 Å². The lowest BCUT2D eigenvalue weighted by atomic mass is 10.2. The summed E-state index contributed by atoms with van der Waals surface area (Å²) in [6, 6.07) is 5.06. The molecule has 3 rings (SSSR count). The number of methoxy groups -OCH3 is 2. The first-order valence-corrected chi connectivity index (χ1v) is 9.71.